The minimum atomic E-state index is -1.35. The maximum Gasteiger partial charge on any atom is 0.328 e. The number of carboxylic acid groups (broad SMARTS) is 2. The molecule has 0 spiro atoms. The monoisotopic (exact) mass is 388 g/mol. The Bertz CT molecular complexity index is 893. The molecule has 0 saturated carbocycles. The second-order valence-corrected chi connectivity index (χ2v) is 6.11. The number of anilines is 1. The first-order valence-electron chi connectivity index (χ1n) is 7.85. The van der Waals surface area contributed by atoms with E-state index in [1.54, 1.807) is 24.3 Å². The van der Waals surface area contributed by atoms with Crippen LogP contribution in [0.3, 0.4) is 0 Å². The molecule has 5 N–H and O–H groups in total. The molecule has 0 aliphatic heterocycles. The number of para-hydroxylation sites is 1. The highest BCUT2D eigenvalue weighted by Gasteiger charge is 2.24. The molecule has 27 heavy (non-hydrogen) atoms. The quantitative estimate of drug-likeness (QED) is 0.426. The first-order valence-corrected chi connectivity index (χ1v) is 8.23. The Balaban J connectivity index is 2.28. The molecule has 7 nitrogen and oxygen atoms in total. The third-order valence-corrected chi connectivity index (χ3v) is 3.99. The molecule has 0 heterocycles. The number of amides is 1. The highest BCUT2D eigenvalue weighted by atomic mass is 35.5. The number of nitrogens with two attached hydrogens (primary N) is 1. The minimum Gasteiger partial charge on any atom is -0.480 e. The van der Waals surface area contributed by atoms with Crippen LogP contribution >= 0.6 is 11.6 Å². The molecule has 1 atom stereocenters. The van der Waals surface area contributed by atoms with E-state index in [4.69, 9.17) is 22.4 Å². The largest absolute Gasteiger partial charge is 0.480 e. The van der Waals surface area contributed by atoms with E-state index < -0.39 is 23.9 Å². The second kappa shape index (κ2) is 8.86. The van der Waals surface area contributed by atoms with Crippen molar-refractivity contribution in [2.45, 2.75) is 12.5 Å². The first kappa shape index (κ1) is 20.0. The summed E-state index contributed by atoms with van der Waals surface area (Å²) in [7, 11) is 0. The molecule has 140 valence electrons. The number of hydrogen-bond donors (Lipinski definition) is 4. The van der Waals surface area contributed by atoms with Crippen LogP contribution in [0.4, 0.5) is 5.69 Å². The van der Waals surface area contributed by atoms with Crippen LogP contribution in [0.15, 0.2) is 54.6 Å². The van der Waals surface area contributed by atoms with Crippen LogP contribution < -0.4 is 11.1 Å². The van der Waals surface area contributed by atoms with Gasteiger partial charge < -0.3 is 21.3 Å². The molecule has 2 rings (SSSR count). The van der Waals surface area contributed by atoms with Gasteiger partial charge in [0.15, 0.2) is 0 Å². The van der Waals surface area contributed by atoms with Crippen molar-refractivity contribution in [3.63, 3.8) is 0 Å². The third-order valence-electron chi connectivity index (χ3n) is 3.74. The van der Waals surface area contributed by atoms with Crippen molar-refractivity contribution in [1.82, 2.24) is 5.32 Å². The van der Waals surface area contributed by atoms with Gasteiger partial charge in [-0.15, -0.1) is 0 Å². The second-order valence-electron chi connectivity index (χ2n) is 5.67. The van der Waals surface area contributed by atoms with E-state index in [2.05, 4.69) is 5.32 Å². The number of carboxylic acids is 2. The zero-order valence-corrected chi connectivity index (χ0v) is 14.8. The average Bonchev–Trinajstić information content (AvgIpc) is 2.61. The number of halogens is 1. The van der Waals surface area contributed by atoms with Crippen molar-refractivity contribution in [2.24, 2.45) is 0 Å². The first-order chi connectivity index (χ1) is 12.8. The van der Waals surface area contributed by atoms with Crippen LogP contribution in [0, 0.1) is 0 Å². The predicted molar refractivity (Wildman–Crippen MR) is 101 cm³/mol. The topological polar surface area (TPSA) is 130 Å². The molecular weight excluding hydrogens is 372 g/mol. The number of rotatable bonds is 7. The zero-order chi connectivity index (χ0) is 20.0. The molecule has 8 heteroatoms. The number of nitrogen functional groups attached to an aromatic ring is 1. The number of benzene rings is 2. The zero-order valence-electron chi connectivity index (χ0n) is 14.1. The van der Waals surface area contributed by atoms with Gasteiger partial charge in [-0.2, -0.15) is 0 Å². The smallest absolute Gasteiger partial charge is 0.328 e. The molecule has 1 unspecified atom stereocenters. The molecule has 2 aromatic carbocycles. The van der Waals surface area contributed by atoms with Gasteiger partial charge >= 0.3 is 11.9 Å². The number of nitrogens with one attached hydrogen (secondary N) is 1. The number of aliphatic carboxylic acids is 2. The van der Waals surface area contributed by atoms with E-state index in [0.29, 0.717) is 16.3 Å². The van der Waals surface area contributed by atoms with Crippen molar-refractivity contribution >= 4 is 40.7 Å². The molecule has 0 aliphatic carbocycles. The summed E-state index contributed by atoms with van der Waals surface area (Å²) in [6, 6.07) is 11.1. The van der Waals surface area contributed by atoms with Crippen molar-refractivity contribution in [1.29, 1.82) is 0 Å². The lowest BCUT2D eigenvalue weighted by atomic mass is 9.96. The Kier molecular flexibility index (Phi) is 6.56. The lowest BCUT2D eigenvalue weighted by molar-refractivity contribution is -0.139. The van der Waals surface area contributed by atoms with Crippen molar-refractivity contribution in [2.75, 3.05) is 5.73 Å². The Morgan fingerprint density at radius 3 is 2.26 bits per heavy atom. The fourth-order valence-corrected chi connectivity index (χ4v) is 2.57. The number of carbonyl (C=O) groups excluding carboxylic acids is 1. The van der Waals surface area contributed by atoms with E-state index in [9.17, 15) is 19.5 Å². The van der Waals surface area contributed by atoms with Crippen LogP contribution in [0.1, 0.15) is 22.3 Å². The van der Waals surface area contributed by atoms with Crippen molar-refractivity contribution in [3.8, 4) is 0 Å². The minimum absolute atomic E-state index is 0.185. The summed E-state index contributed by atoms with van der Waals surface area (Å²) in [5, 5.41) is 21.4. The van der Waals surface area contributed by atoms with E-state index >= 15 is 0 Å². The Hall–Kier alpha value is -3.32. The summed E-state index contributed by atoms with van der Waals surface area (Å²) >= 11 is 5.77. The van der Waals surface area contributed by atoms with Gasteiger partial charge in [-0.25, -0.2) is 9.59 Å². The van der Waals surface area contributed by atoms with Gasteiger partial charge in [0.2, 0.25) is 0 Å². The molecule has 0 fully saturated rings. The van der Waals surface area contributed by atoms with Gasteiger partial charge in [-0.1, -0.05) is 29.8 Å². The van der Waals surface area contributed by atoms with Gasteiger partial charge in [-0.3, -0.25) is 4.79 Å². The summed E-state index contributed by atoms with van der Waals surface area (Å²) in [5.41, 5.74) is 6.99. The Morgan fingerprint density at radius 1 is 1.07 bits per heavy atom. The van der Waals surface area contributed by atoms with Crippen molar-refractivity contribution < 1.29 is 24.6 Å². The highest BCUT2D eigenvalue weighted by Crippen LogP contribution is 2.25. The fraction of sp³-hybridized carbons (Fsp3) is 0.105. The molecular formula is C19H17ClN2O5. The van der Waals surface area contributed by atoms with Crippen LogP contribution in [0.5, 0.6) is 0 Å². The van der Waals surface area contributed by atoms with Gasteiger partial charge in [0, 0.05) is 34.3 Å². The fourth-order valence-electron chi connectivity index (χ4n) is 2.45. The molecule has 1 amide bonds. The van der Waals surface area contributed by atoms with Crippen LogP contribution in [0.25, 0.3) is 5.57 Å². The normalized spacial score (nSPS) is 12.3. The van der Waals surface area contributed by atoms with Gasteiger partial charge in [-0.05, 0) is 35.9 Å². The van der Waals surface area contributed by atoms with Gasteiger partial charge in [0.1, 0.15) is 6.04 Å². The molecule has 0 aliphatic rings. The summed E-state index contributed by atoms with van der Waals surface area (Å²) in [6.07, 6.45) is 0.630. The summed E-state index contributed by atoms with van der Waals surface area (Å²) in [4.78, 5) is 35.1. The van der Waals surface area contributed by atoms with E-state index in [1.165, 1.54) is 24.3 Å². The molecule has 0 radical (unpaired) electrons. The van der Waals surface area contributed by atoms with Crippen LogP contribution in [-0.4, -0.2) is 34.1 Å². The van der Waals surface area contributed by atoms with Crippen molar-refractivity contribution in [3.05, 3.63) is 70.8 Å². The maximum atomic E-state index is 12.3. The lowest BCUT2D eigenvalue weighted by Crippen LogP contribution is -2.41. The molecule has 2 aromatic rings. The van der Waals surface area contributed by atoms with Crippen LogP contribution in [0.2, 0.25) is 5.02 Å². The number of hydrogen-bond acceptors (Lipinski definition) is 4. The Morgan fingerprint density at radius 2 is 1.70 bits per heavy atom. The van der Waals surface area contributed by atoms with E-state index in [-0.39, 0.29) is 17.6 Å². The standard InChI is InChI=1S/C19H17ClN2O5/c20-13-7-5-11(6-8-13)18(25)22-16(19(26)27)9-12(10-17(23)24)14-3-1-2-4-15(14)21/h1-8,10,16H,9,21H2,(H,22,25)(H,23,24)(H,26,27)/b12-10+. The van der Waals surface area contributed by atoms with Gasteiger partial charge in [0.05, 0.1) is 0 Å². The predicted octanol–water partition coefficient (Wildman–Crippen LogP) is 2.66. The highest BCUT2D eigenvalue weighted by molar-refractivity contribution is 6.30. The lowest BCUT2D eigenvalue weighted by Gasteiger charge is -2.17. The average molecular weight is 389 g/mol. The summed E-state index contributed by atoms with van der Waals surface area (Å²) < 4.78 is 0. The third kappa shape index (κ3) is 5.58. The van der Waals surface area contributed by atoms with Gasteiger partial charge in [0.25, 0.3) is 5.91 Å². The van der Waals surface area contributed by atoms with E-state index in [1.807, 2.05) is 0 Å². The SMILES string of the molecule is Nc1ccccc1/C(=C/C(=O)O)CC(NC(=O)c1ccc(Cl)cc1)C(=O)O. The summed E-state index contributed by atoms with van der Waals surface area (Å²) in [5.74, 6) is -3.17. The molecule has 0 bridgehead atoms. The maximum absolute atomic E-state index is 12.3. The molecule has 0 aromatic heterocycles. The van der Waals surface area contributed by atoms with E-state index in [0.717, 1.165) is 6.08 Å². The molecule has 0 saturated heterocycles. The number of carbonyl (C=O) groups is 3. The van der Waals surface area contributed by atoms with Crippen LogP contribution in [-0.2, 0) is 9.59 Å². The summed E-state index contributed by atoms with van der Waals surface area (Å²) in [6.45, 7) is 0. The Labute approximate surface area is 160 Å².